The molecule has 2 aromatic heterocycles. The normalized spacial score (nSPS) is 18.7. The lowest BCUT2D eigenvalue weighted by Gasteiger charge is -2.30. The van der Waals surface area contributed by atoms with Gasteiger partial charge in [-0.2, -0.15) is 5.10 Å². The van der Waals surface area contributed by atoms with Crippen LogP contribution in [0.15, 0.2) is 36.8 Å². The molecule has 0 unspecified atom stereocenters. The minimum absolute atomic E-state index is 0.323. The summed E-state index contributed by atoms with van der Waals surface area (Å²) < 4.78 is 7.58. The lowest BCUT2D eigenvalue weighted by atomic mass is 9.80. The fraction of sp³-hybridized carbons (Fsp3) is 0.417. The number of carbonyl (C=O) groups excluding carboxylic acids is 1. The van der Waals surface area contributed by atoms with Gasteiger partial charge in [0.15, 0.2) is 0 Å². The number of carbonyl (C=O) groups is 1. The van der Waals surface area contributed by atoms with E-state index in [0.717, 1.165) is 35.6 Å². The quantitative estimate of drug-likeness (QED) is 0.546. The first kappa shape index (κ1) is 20.9. The number of nitrogens with one attached hydrogen (secondary N) is 1. The molecule has 1 aromatic carbocycles. The lowest BCUT2D eigenvalue weighted by Crippen LogP contribution is -2.21. The highest BCUT2D eigenvalue weighted by Crippen LogP contribution is 2.37. The van der Waals surface area contributed by atoms with Gasteiger partial charge in [0, 0.05) is 35.6 Å². The van der Waals surface area contributed by atoms with Gasteiger partial charge in [-0.1, -0.05) is 13.8 Å². The maximum absolute atomic E-state index is 12.7. The van der Waals surface area contributed by atoms with Crippen LogP contribution in [0.25, 0.3) is 15.7 Å². The van der Waals surface area contributed by atoms with Crippen molar-refractivity contribution < 1.29 is 9.53 Å². The molecule has 31 heavy (non-hydrogen) atoms. The molecule has 0 aliphatic heterocycles. The van der Waals surface area contributed by atoms with E-state index in [4.69, 9.17) is 16.4 Å². The number of ether oxygens (including phenoxy) is 1. The summed E-state index contributed by atoms with van der Waals surface area (Å²) in [6.45, 7) is 11.7. The minimum Gasteiger partial charge on any atom is -0.494 e. The molecule has 7 heteroatoms. The molecule has 0 saturated heterocycles. The summed E-state index contributed by atoms with van der Waals surface area (Å²) in [5.74, 6) is 1.75. The Balaban J connectivity index is 1.57. The molecule has 1 aliphatic rings. The van der Waals surface area contributed by atoms with Crippen molar-refractivity contribution in [2.24, 2.45) is 11.8 Å². The zero-order valence-corrected chi connectivity index (χ0v) is 18.1. The Bertz CT molecular complexity index is 1140. The van der Waals surface area contributed by atoms with Gasteiger partial charge in [-0.15, -0.1) is 0 Å². The van der Waals surface area contributed by atoms with Crippen molar-refractivity contribution in [3.8, 4) is 5.75 Å². The number of benzene rings is 1. The highest BCUT2D eigenvalue weighted by Gasteiger charge is 2.25. The average molecular weight is 418 g/mol. The molecule has 0 spiro atoms. The van der Waals surface area contributed by atoms with E-state index in [1.54, 1.807) is 7.11 Å². The number of aromatic nitrogens is 3. The van der Waals surface area contributed by atoms with Crippen LogP contribution < -0.4 is 10.1 Å². The van der Waals surface area contributed by atoms with E-state index in [-0.39, 0.29) is 5.91 Å². The Morgan fingerprint density at radius 2 is 2.00 bits per heavy atom. The first-order chi connectivity index (χ1) is 15.0. The number of anilines is 1. The molecule has 1 amide bonds. The van der Waals surface area contributed by atoms with E-state index in [2.05, 4.69) is 39.9 Å². The van der Waals surface area contributed by atoms with Crippen molar-refractivity contribution in [3.05, 3.63) is 53.8 Å². The summed E-state index contributed by atoms with van der Waals surface area (Å²) in [6, 6.07) is 5.68. The Labute approximate surface area is 182 Å². The van der Waals surface area contributed by atoms with Gasteiger partial charge in [-0.3, -0.25) is 14.5 Å². The fourth-order valence-electron chi connectivity index (χ4n) is 4.37. The van der Waals surface area contributed by atoms with E-state index in [0.29, 0.717) is 28.7 Å². The minimum atomic E-state index is -0.338. The summed E-state index contributed by atoms with van der Waals surface area (Å²) >= 11 is 0. The number of nitrogens with zero attached hydrogens (tertiary/aromatic N) is 4. The molecule has 0 radical (unpaired) electrons. The molecule has 1 aliphatic carbocycles. The number of rotatable bonds is 5. The van der Waals surface area contributed by atoms with Gasteiger partial charge in [-0.25, -0.2) is 4.85 Å². The van der Waals surface area contributed by atoms with E-state index < -0.39 is 0 Å². The van der Waals surface area contributed by atoms with E-state index in [9.17, 15) is 4.79 Å². The van der Waals surface area contributed by atoms with E-state index in [1.165, 1.54) is 31.3 Å². The second-order valence-corrected chi connectivity index (χ2v) is 8.53. The first-order valence-corrected chi connectivity index (χ1v) is 10.7. The third-order valence-electron chi connectivity index (χ3n) is 6.26. The van der Waals surface area contributed by atoms with Crippen LogP contribution in [0.5, 0.6) is 5.75 Å². The second kappa shape index (κ2) is 8.76. The molecular weight excluding hydrogens is 390 g/mol. The highest BCUT2D eigenvalue weighted by atomic mass is 16.5. The first-order valence-electron chi connectivity index (χ1n) is 10.7. The highest BCUT2D eigenvalue weighted by molar-refractivity contribution is 6.06. The molecule has 2 heterocycles. The third kappa shape index (κ3) is 4.38. The Morgan fingerprint density at radius 1 is 1.23 bits per heavy atom. The van der Waals surface area contributed by atoms with Crippen molar-refractivity contribution in [1.82, 2.24) is 14.8 Å². The number of amides is 1. The van der Waals surface area contributed by atoms with Gasteiger partial charge in [-0.05, 0) is 49.7 Å². The number of hydrogen-bond acceptors (Lipinski definition) is 4. The van der Waals surface area contributed by atoms with Gasteiger partial charge >= 0.3 is 0 Å². The van der Waals surface area contributed by atoms with Gasteiger partial charge in [0.25, 0.3) is 5.91 Å². The molecule has 3 aromatic rings. The maximum atomic E-state index is 12.7. The predicted molar refractivity (Wildman–Crippen MR) is 121 cm³/mol. The molecule has 1 fully saturated rings. The Hall–Kier alpha value is -3.40. The molecule has 1 N–H and O–H groups in total. The van der Waals surface area contributed by atoms with Gasteiger partial charge in [0.05, 0.1) is 30.9 Å². The Kier molecular flexibility index (Phi) is 5.90. The molecule has 7 nitrogen and oxygen atoms in total. The molecule has 160 valence electrons. The van der Waals surface area contributed by atoms with Gasteiger partial charge in [0.1, 0.15) is 5.75 Å². The van der Waals surface area contributed by atoms with Crippen molar-refractivity contribution in [2.75, 3.05) is 12.4 Å². The van der Waals surface area contributed by atoms with Gasteiger partial charge < -0.3 is 10.1 Å². The van der Waals surface area contributed by atoms with Crippen LogP contribution in [0.3, 0.4) is 0 Å². The summed E-state index contributed by atoms with van der Waals surface area (Å²) in [4.78, 5) is 20.0. The van der Waals surface area contributed by atoms with Gasteiger partial charge in [0.2, 0.25) is 5.69 Å². The van der Waals surface area contributed by atoms with Crippen LogP contribution in [0.1, 0.15) is 55.9 Å². The zero-order chi connectivity index (χ0) is 22.0. The fourth-order valence-corrected chi connectivity index (χ4v) is 4.37. The Morgan fingerprint density at radius 3 is 2.68 bits per heavy atom. The molecule has 4 rings (SSSR count). The standard InChI is InChI=1S/C24H27N5O2/c1-15(2)16-5-7-20(8-6-16)29-14-18-10-22(23(31-4)11-21(18)28-29)27-24(30)17-9-19(25-3)13-26-12-17/h9-16,20H,5-8H2,1-2,4H3,(H,27,30). The molecule has 0 bridgehead atoms. The topological polar surface area (TPSA) is 73.4 Å². The number of hydrogen-bond donors (Lipinski definition) is 1. The van der Waals surface area contributed by atoms with Crippen molar-refractivity contribution >= 4 is 28.2 Å². The number of methoxy groups -OCH3 is 1. The average Bonchev–Trinajstić information content (AvgIpc) is 3.21. The summed E-state index contributed by atoms with van der Waals surface area (Å²) in [7, 11) is 1.57. The van der Waals surface area contributed by atoms with Crippen molar-refractivity contribution in [1.29, 1.82) is 0 Å². The third-order valence-corrected chi connectivity index (χ3v) is 6.26. The summed E-state index contributed by atoms with van der Waals surface area (Å²) in [5, 5.41) is 8.63. The lowest BCUT2D eigenvalue weighted by molar-refractivity contribution is 0.102. The molecule has 1 saturated carbocycles. The number of fused-ring (bicyclic) bond motifs is 1. The van der Waals surface area contributed by atoms with E-state index in [1.807, 2.05) is 12.1 Å². The second-order valence-electron chi connectivity index (χ2n) is 8.53. The van der Waals surface area contributed by atoms with Crippen LogP contribution in [0, 0.1) is 18.4 Å². The zero-order valence-electron chi connectivity index (χ0n) is 18.1. The van der Waals surface area contributed by atoms with E-state index >= 15 is 0 Å². The predicted octanol–water partition coefficient (Wildman–Crippen LogP) is 5.63. The summed E-state index contributed by atoms with van der Waals surface area (Å²) in [5.41, 5.74) is 2.06. The molecule has 0 atom stereocenters. The van der Waals surface area contributed by atoms with Crippen LogP contribution >= 0.6 is 0 Å². The SMILES string of the molecule is [C-]#[N+]c1cncc(C(=O)Nc2cc3cn(C4CCC(C(C)C)CC4)nc3cc2OC)c1. The number of pyridine rings is 1. The van der Waals surface area contributed by atoms with Crippen molar-refractivity contribution in [2.45, 2.75) is 45.6 Å². The smallest absolute Gasteiger partial charge is 0.256 e. The monoisotopic (exact) mass is 417 g/mol. The molecular formula is C24H27N5O2. The largest absolute Gasteiger partial charge is 0.494 e. The van der Waals surface area contributed by atoms with Crippen LogP contribution in [0.2, 0.25) is 0 Å². The van der Waals surface area contributed by atoms with Crippen LogP contribution in [-0.4, -0.2) is 27.8 Å². The maximum Gasteiger partial charge on any atom is 0.256 e. The van der Waals surface area contributed by atoms with Crippen LogP contribution in [-0.2, 0) is 0 Å². The van der Waals surface area contributed by atoms with Crippen LogP contribution in [0.4, 0.5) is 11.4 Å². The van der Waals surface area contributed by atoms with Crippen molar-refractivity contribution in [3.63, 3.8) is 0 Å². The summed E-state index contributed by atoms with van der Waals surface area (Å²) in [6.07, 6.45) is 9.69.